The summed E-state index contributed by atoms with van der Waals surface area (Å²) in [6.45, 7) is 2.21. The first-order valence-electron chi connectivity index (χ1n) is 8.86. The van der Waals surface area contributed by atoms with Crippen LogP contribution in [0.3, 0.4) is 0 Å². The number of amides is 1. The molecule has 1 aliphatic rings. The molecule has 1 fully saturated rings. The average Bonchev–Trinajstić information content (AvgIpc) is 2.66. The summed E-state index contributed by atoms with van der Waals surface area (Å²) in [7, 11) is 2.99. The first-order valence-corrected chi connectivity index (χ1v) is 9.65. The van der Waals surface area contributed by atoms with Crippen LogP contribution in [0, 0.1) is 5.92 Å². The van der Waals surface area contributed by atoms with Crippen LogP contribution in [0.4, 0.5) is 0 Å². The van der Waals surface area contributed by atoms with Crippen molar-refractivity contribution in [1.29, 1.82) is 0 Å². The summed E-state index contributed by atoms with van der Waals surface area (Å²) >= 11 is 3.35. The van der Waals surface area contributed by atoms with Crippen molar-refractivity contribution in [2.24, 2.45) is 5.92 Å². The molecular weight excluding hydrogens is 402 g/mol. The van der Waals surface area contributed by atoms with Gasteiger partial charge in [0.15, 0.2) is 6.10 Å². The van der Waals surface area contributed by atoms with E-state index in [2.05, 4.69) is 21.2 Å². The maximum Gasteiger partial charge on any atom is 0.339 e. The van der Waals surface area contributed by atoms with Gasteiger partial charge in [-0.25, -0.2) is 4.79 Å². The lowest BCUT2D eigenvalue weighted by molar-refractivity contribution is -0.129. The smallest absolute Gasteiger partial charge is 0.339 e. The Balaban J connectivity index is 1.94. The Bertz CT molecular complexity index is 618. The van der Waals surface area contributed by atoms with Crippen molar-refractivity contribution >= 4 is 27.8 Å². The van der Waals surface area contributed by atoms with Crippen LogP contribution in [0.1, 0.15) is 49.4 Å². The molecule has 0 heterocycles. The van der Waals surface area contributed by atoms with Crippen LogP contribution in [0.2, 0.25) is 0 Å². The lowest BCUT2D eigenvalue weighted by atomic mass is 9.89. The Hall–Kier alpha value is -1.76. The molecule has 6 nitrogen and oxygen atoms in total. The summed E-state index contributed by atoms with van der Waals surface area (Å²) in [5.41, 5.74) is 0.258. The van der Waals surface area contributed by atoms with E-state index in [0.29, 0.717) is 28.4 Å². The molecule has 1 saturated carbocycles. The molecule has 1 unspecified atom stereocenters. The van der Waals surface area contributed by atoms with Gasteiger partial charge in [-0.3, -0.25) is 4.79 Å². The molecule has 144 valence electrons. The standard InChI is InChI=1S/C19H26BrNO5/c1-12(18(22)21-11-13-7-5-4-6-8-13)26-19(23)14-9-15(24-2)17(20)16(10-14)25-3/h9-10,12-13H,4-8,11H2,1-3H3,(H,21,22). The van der Waals surface area contributed by atoms with Gasteiger partial charge in [0.1, 0.15) is 16.0 Å². The van der Waals surface area contributed by atoms with E-state index < -0.39 is 12.1 Å². The van der Waals surface area contributed by atoms with E-state index in [1.165, 1.54) is 33.5 Å². The molecule has 2 rings (SSSR count). The van der Waals surface area contributed by atoms with Crippen LogP contribution in [0.25, 0.3) is 0 Å². The lowest BCUT2D eigenvalue weighted by Crippen LogP contribution is -2.38. The maximum absolute atomic E-state index is 12.4. The normalized spacial score (nSPS) is 15.8. The number of halogens is 1. The predicted molar refractivity (Wildman–Crippen MR) is 102 cm³/mol. The highest BCUT2D eigenvalue weighted by atomic mass is 79.9. The fourth-order valence-electron chi connectivity index (χ4n) is 3.05. The first-order chi connectivity index (χ1) is 12.5. The Kier molecular flexibility index (Phi) is 7.75. The number of hydrogen-bond acceptors (Lipinski definition) is 5. The highest BCUT2D eigenvalue weighted by Gasteiger charge is 2.22. The fraction of sp³-hybridized carbons (Fsp3) is 0.579. The summed E-state index contributed by atoms with van der Waals surface area (Å²) in [5.74, 6) is 0.543. The minimum absolute atomic E-state index is 0.258. The van der Waals surface area contributed by atoms with E-state index in [4.69, 9.17) is 14.2 Å². The van der Waals surface area contributed by atoms with Crippen molar-refractivity contribution in [2.45, 2.75) is 45.1 Å². The molecular formula is C19H26BrNO5. The first kappa shape index (κ1) is 20.6. The van der Waals surface area contributed by atoms with Crippen molar-refractivity contribution < 1.29 is 23.8 Å². The summed E-state index contributed by atoms with van der Waals surface area (Å²) in [6.07, 6.45) is 5.14. The number of carbonyl (C=O) groups excluding carboxylic acids is 2. The van der Waals surface area contributed by atoms with Gasteiger partial charge in [0.2, 0.25) is 0 Å². The van der Waals surface area contributed by atoms with E-state index in [1.54, 1.807) is 19.1 Å². The van der Waals surface area contributed by atoms with Gasteiger partial charge in [-0.2, -0.15) is 0 Å². The lowest BCUT2D eigenvalue weighted by Gasteiger charge is -2.22. The number of nitrogens with one attached hydrogen (secondary N) is 1. The van der Waals surface area contributed by atoms with Crippen LogP contribution in [0.5, 0.6) is 11.5 Å². The second-order valence-corrected chi connectivity index (χ2v) is 7.28. The molecule has 1 atom stereocenters. The van der Waals surface area contributed by atoms with Gasteiger partial charge in [0.25, 0.3) is 5.91 Å². The van der Waals surface area contributed by atoms with E-state index >= 15 is 0 Å². The SMILES string of the molecule is COc1cc(C(=O)OC(C)C(=O)NCC2CCCCC2)cc(OC)c1Br. The zero-order valence-electron chi connectivity index (χ0n) is 15.5. The number of methoxy groups -OCH3 is 2. The monoisotopic (exact) mass is 427 g/mol. The highest BCUT2D eigenvalue weighted by molar-refractivity contribution is 9.10. The molecule has 7 heteroatoms. The third-order valence-electron chi connectivity index (χ3n) is 4.62. The molecule has 26 heavy (non-hydrogen) atoms. The van der Waals surface area contributed by atoms with E-state index in [-0.39, 0.29) is 11.5 Å². The van der Waals surface area contributed by atoms with E-state index in [0.717, 1.165) is 12.8 Å². The molecule has 0 aromatic heterocycles. The van der Waals surface area contributed by atoms with Gasteiger partial charge >= 0.3 is 5.97 Å². The maximum atomic E-state index is 12.4. The van der Waals surface area contributed by atoms with Crippen molar-refractivity contribution in [3.8, 4) is 11.5 Å². The Labute approximate surface area is 162 Å². The number of carbonyl (C=O) groups is 2. The van der Waals surface area contributed by atoms with Gasteiger partial charge in [0.05, 0.1) is 19.8 Å². The van der Waals surface area contributed by atoms with Gasteiger partial charge in [0, 0.05) is 6.54 Å². The Morgan fingerprint density at radius 1 is 1.15 bits per heavy atom. The van der Waals surface area contributed by atoms with Gasteiger partial charge in [-0.05, 0) is 53.7 Å². The molecule has 1 aliphatic carbocycles. The highest BCUT2D eigenvalue weighted by Crippen LogP contribution is 2.35. The number of rotatable bonds is 7. The molecule has 0 radical (unpaired) electrons. The van der Waals surface area contributed by atoms with Crippen molar-refractivity contribution in [1.82, 2.24) is 5.32 Å². The third kappa shape index (κ3) is 5.37. The summed E-state index contributed by atoms with van der Waals surface area (Å²) in [4.78, 5) is 24.6. The second-order valence-electron chi connectivity index (χ2n) is 6.49. The quantitative estimate of drug-likeness (QED) is 0.671. The van der Waals surface area contributed by atoms with E-state index in [9.17, 15) is 9.59 Å². The predicted octanol–water partition coefficient (Wildman–Crippen LogP) is 3.71. The van der Waals surface area contributed by atoms with Crippen LogP contribution in [0.15, 0.2) is 16.6 Å². The van der Waals surface area contributed by atoms with Crippen LogP contribution >= 0.6 is 15.9 Å². The van der Waals surface area contributed by atoms with Crippen molar-refractivity contribution in [3.63, 3.8) is 0 Å². The van der Waals surface area contributed by atoms with Gasteiger partial charge in [-0.15, -0.1) is 0 Å². The van der Waals surface area contributed by atoms with E-state index in [1.807, 2.05) is 0 Å². The molecule has 1 aromatic rings. The molecule has 1 N–H and O–H groups in total. The molecule has 0 spiro atoms. The fourth-order valence-corrected chi connectivity index (χ4v) is 3.60. The third-order valence-corrected chi connectivity index (χ3v) is 5.41. The molecule has 0 bridgehead atoms. The minimum atomic E-state index is -0.869. The minimum Gasteiger partial charge on any atom is -0.495 e. The Morgan fingerprint density at radius 3 is 2.27 bits per heavy atom. The molecule has 1 amide bonds. The zero-order valence-corrected chi connectivity index (χ0v) is 17.1. The average molecular weight is 428 g/mol. The van der Waals surface area contributed by atoms with Gasteiger partial charge in [-0.1, -0.05) is 19.3 Å². The zero-order chi connectivity index (χ0) is 19.1. The van der Waals surface area contributed by atoms with Crippen LogP contribution in [-0.4, -0.2) is 38.7 Å². The van der Waals surface area contributed by atoms with Gasteiger partial charge < -0.3 is 19.5 Å². The topological polar surface area (TPSA) is 73.9 Å². The second kappa shape index (κ2) is 9.80. The summed E-state index contributed by atoms with van der Waals surface area (Å²) in [6, 6.07) is 3.09. The van der Waals surface area contributed by atoms with Crippen molar-refractivity contribution in [3.05, 3.63) is 22.2 Å². The molecule has 0 saturated heterocycles. The number of esters is 1. The molecule has 0 aliphatic heterocycles. The summed E-state index contributed by atoms with van der Waals surface area (Å²) < 4.78 is 16.4. The largest absolute Gasteiger partial charge is 0.495 e. The number of benzene rings is 1. The van der Waals surface area contributed by atoms with Crippen LogP contribution < -0.4 is 14.8 Å². The summed E-state index contributed by atoms with van der Waals surface area (Å²) in [5, 5.41) is 2.89. The number of hydrogen-bond donors (Lipinski definition) is 1. The Morgan fingerprint density at radius 2 is 1.73 bits per heavy atom. The van der Waals surface area contributed by atoms with Crippen LogP contribution in [-0.2, 0) is 9.53 Å². The molecule has 1 aromatic carbocycles. The number of ether oxygens (including phenoxy) is 3. The van der Waals surface area contributed by atoms with Crippen molar-refractivity contribution in [2.75, 3.05) is 20.8 Å².